The molecule has 1 atom stereocenters. The highest BCUT2D eigenvalue weighted by molar-refractivity contribution is 7.92. The van der Waals surface area contributed by atoms with Crippen molar-refractivity contribution in [2.45, 2.75) is 44.2 Å². The molecule has 4 rings (SSSR count). The van der Waals surface area contributed by atoms with Gasteiger partial charge in [0.25, 0.3) is 10.0 Å². The molecule has 0 aliphatic rings. The van der Waals surface area contributed by atoms with Crippen molar-refractivity contribution in [1.82, 2.24) is 10.2 Å². The molecule has 4 aromatic carbocycles. The molecule has 0 saturated carbocycles. The van der Waals surface area contributed by atoms with Crippen molar-refractivity contribution < 1.29 is 27.5 Å². The monoisotopic (exact) mass is 677 g/mol. The Hall–Kier alpha value is -4.54. The number of rotatable bonds is 15. The Bertz CT molecular complexity index is 1750. The minimum atomic E-state index is -4.34. The van der Waals surface area contributed by atoms with Crippen LogP contribution in [-0.2, 0) is 32.6 Å². The van der Waals surface area contributed by atoms with Gasteiger partial charge in [-0.1, -0.05) is 78.7 Å². The maximum absolute atomic E-state index is 14.5. The number of nitrogens with one attached hydrogen (secondary N) is 1. The second-order valence-electron chi connectivity index (χ2n) is 11.0. The van der Waals surface area contributed by atoms with Crippen LogP contribution in [-0.4, -0.2) is 58.5 Å². The van der Waals surface area contributed by atoms with Gasteiger partial charge in [0.05, 0.1) is 24.8 Å². The molecular formula is C36H40ClN3O6S. The van der Waals surface area contributed by atoms with Gasteiger partial charge >= 0.3 is 0 Å². The Morgan fingerprint density at radius 2 is 1.51 bits per heavy atom. The lowest BCUT2D eigenvalue weighted by Crippen LogP contribution is -2.53. The number of carbonyl (C=O) groups is 2. The highest BCUT2D eigenvalue weighted by Crippen LogP contribution is 2.33. The number of carbonyl (C=O) groups excluding carboxylic acids is 2. The molecule has 0 fully saturated rings. The van der Waals surface area contributed by atoms with Gasteiger partial charge in [-0.25, -0.2) is 8.42 Å². The summed E-state index contributed by atoms with van der Waals surface area (Å²) >= 11 is 6.16. The van der Waals surface area contributed by atoms with Gasteiger partial charge in [0, 0.05) is 30.6 Å². The van der Waals surface area contributed by atoms with Crippen LogP contribution in [0.2, 0.25) is 5.02 Å². The van der Waals surface area contributed by atoms with E-state index in [1.54, 1.807) is 12.1 Å². The topological polar surface area (TPSA) is 105 Å². The van der Waals surface area contributed by atoms with Crippen molar-refractivity contribution in [2.75, 3.05) is 31.6 Å². The molecule has 0 saturated heterocycles. The fourth-order valence-electron chi connectivity index (χ4n) is 5.05. The van der Waals surface area contributed by atoms with E-state index in [9.17, 15) is 18.0 Å². The molecule has 0 bridgehead atoms. The van der Waals surface area contributed by atoms with Gasteiger partial charge in [0.15, 0.2) is 11.5 Å². The number of methoxy groups -OCH3 is 2. The van der Waals surface area contributed by atoms with E-state index >= 15 is 0 Å². The van der Waals surface area contributed by atoms with E-state index in [4.69, 9.17) is 21.1 Å². The number of sulfonamides is 1. The van der Waals surface area contributed by atoms with E-state index in [0.29, 0.717) is 23.7 Å². The third-order valence-corrected chi connectivity index (χ3v) is 9.65. The molecule has 1 N–H and O–H groups in total. The summed E-state index contributed by atoms with van der Waals surface area (Å²) < 4.78 is 40.3. The number of aryl methyl sites for hydroxylation is 1. The lowest BCUT2D eigenvalue weighted by Gasteiger charge is -2.34. The summed E-state index contributed by atoms with van der Waals surface area (Å²) in [6, 6.07) is 26.6. The summed E-state index contributed by atoms with van der Waals surface area (Å²) in [5.41, 5.74) is 2.93. The first-order valence-corrected chi connectivity index (χ1v) is 17.1. The number of hydrogen-bond donors (Lipinski definition) is 1. The van der Waals surface area contributed by atoms with Crippen LogP contribution in [0.25, 0.3) is 0 Å². The van der Waals surface area contributed by atoms with Crippen molar-refractivity contribution >= 4 is 39.1 Å². The van der Waals surface area contributed by atoms with Crippen LogP contribution in [0, 0.1) is 6.92 Å². The molecule has 9 nitrogen and oxygen atoms in total. The van der Waals surface area contributed by atoms with Crippen molar-refractivity contribution in [3.05, 3.63) is 119 Å². The van der Waals surface area contributed by atoms with Crippen molar-refractivity contribution in [3.63, 3.8) is 0 Å². The molecule has 0 heterocycles. The number of nitrogens with zero attached hydrogens (tertiary/aromatic N) is 2. The first kappa shape index (κ1) is 35.3. The molecule has 11 heteroatoms. The predicted octanol–water partition coefficient (Wildman–Crippen LogP) is 6.03. The standard InChI is InChI=1S/C36H40ClN3O6S/c1-5-21-38-36(42)32(22-27-9-7-6-8-10-27)39(24-28-13-11-26(2)12-14-28)35(41)25-40(30-17-15-29(37)16-18-30)47(43,44)31-19-20-33(45-3)34(23-31)46-4/h6-20,23,32H,5,21-22,24-25H2,1-4H3,(H,38,42)/t32-/m0/s1. The minimum absolute atomic E-state index is 0.0843. The van der Waals surface area contributed by atoms with Gasteiger partial charge in [0.2, 0.25) is 11.8 Å². The summed E-state index contributed by atoms with van der Waals surface area (Å²) in [5, 5.41) is 3.35. The van der Waals surface area contributed by atoms with Crippen LogP contribution in [0.15, 0.2) is 102 Å². The fraction of sp³-hybridized carbons (Fsp3) is 0.278. The van der Waals surface area contributed by atoms with Crippen LogP contribution in [0.4, 0.5) is 5.69 Å². The second-order valence-corrected chi connectivity index (χ2v) is 13.3. The van der Waals surface area contributed by atoms with Crippen LogP contribution >= 0.6 is 11.6 Å². The lowest BCUT2D eigenvalue weighted by atomic mass is 10.0. The van der Waals surface area contributed by atoms with Gasteiger partial charge in [-0.05, 0) is 60.9 Å². The largest absolute Gasteiger partial charge is 0.493 e. The Labute approximate surface area is 282 Å². The zero-order valence-corrected chi connectivity index (χ0v) is 28.6. The second kappa shape index (κ2) is 16.3. The van der Waals surface area contributed by atoms with Gasteiger partial charge < -0.3 is 19.7 Å². The number of ether oxygens (including phenoxy) is 2. The Morgan fingerprint density at radius 1 is 0.851 bits per heavy atom. The molecule has 0 aliphatic carbocycles. The van der Waals surface area contributed by atoms with E-state index in [0.717, 1.165) is 21.0 Å². The van der Waals surface area contributed by atoms with E-state index in [1.165, 1.54) is 49.5 Å². The number of benzene rings is 4. The highest BCUT2D eigenvalue weighted by atomic mass is 35.5. The van der Waals surface area contributed by atoms with Gasteiger partial charge in [0.1, 0.15) is 12.6 Å². The molecule has 2 amide bonds. The summed E-state index contributed by atoms with van der Waals surface area (Å²) in [4.78, 5) is 29.7. The molecule has 0 spiro atoms. The normalized spacial score (nSPS) is 11.8. The Balaban J connectivity index is 1.81. The van der Waals surface area contributed by atoms with E-state index in [1.807, 2.05) is 68.4 Å². The molecule has 0 aliphatic heterocycles. The molecule has 0 unspecified atom stereocenters. The Morgan fingerprint density at radius 3 is 2.13 bits per heavy atom. The predicted molar refractivity (Wildman–Crippen MR) is 184 cm³/mol. The molecule has 248 valence electrons. The molecule has 0 radical (unpaired) electrons. The first-order chi connectivity index (χ1) is 22.6. The third kappa shape index (κ3) is 9.05. The molecule has 0 aromatic heterocycles. The van der Waals surface area contributed by atoms with Crippen molar-refractivity contribution in [2.24, 2.45) is 0 Å². The number of anilines is 1. The van der Waals surface area contributed by atoms with Gasteiger partial charge in [-0.15, -0.1) is 0 Å². The molecular weight excluding hydrogens is 638 g/mol. The molecule has 47 heavy (non-hydrogen) atoms. The third-order valence-electron chi connectivity index (χ3n) is 7.63. The van der Waals surface area contributed by atoms with E-state index in [-0.39, 0.29) is 35.2 Å². The summed E-state index contributed by atoms with van der Waals surface area (Å²) in [7, 11) is -1.48. The van der Waals surface area contributed by atoms with Gasteiger partial charge in [-0.2, -0.15) is 0 Å². The average molecular weight is 678 g/mol. The highest BCUT2D eigenvalue weighted by Gasteiger charge is 2.35. The fourth-order valence-corrected chi connectivity index (χ4v) is 6.61. The van der Waals surface area contributed by atoms with E-state index in [2.05, 4.69) is 5.32 Å². The first-order valence-electron chi connectivity index (χ1n) is 15.2. The Kier molecular flexibility index (Phi) is 12.3. The van der Waals surface area contributed by atoms with Crippen LogP contribution in [0.3, 0.4) is 0 Å². The summed E-state index contributed by atoms with van der Waals surface area (Å²) in [5.74, 6) is -0.312. The summed E-state index contributed by atoms with van der Waals surface area (Å²) in [6.45, 7) is 3.84. The number of amides is 2. The zero-order chi connectivity index (χ0) is 34.0. The lowest BCUT2D eigenvalue weighted by molar-refractivity contribution is -0.140. The van der Waals surface area contributed by atoms with Crippen molar-refractivity contribution in [3.8, 4) is 11.5 Å². The number of hydrogen-bond acceptors (Lipinski definition) is 6. The van der Waals surface area contributed by atoms with Crippen LogP contribution < -0.4 is 19.1 Å². The SMILES string of the molecule is CCCNC(=O)[C@H](Cc1ccccc1)N(Cc1ccc(C)cc1)C(=O)CN(c1ccc(Cl)cc1)S(=O)(=O)c1ccc(OC)c(OC)c1. The van der Waals surface area contributed by atoms with E-state index < -0.39 is 28.5 Å². The molecule has 4 aromatic rings. The van der Waals surface area contributed by atoms with Gasteiger partial charge in [-0.3, -0.25) is 13.9 Å². The van der Waals surface area contributed by atoms with Crippen LogP contribution in [0.5, 0.6) is 11.5 Å². The van der Waals surface area contributed by atoms with Crippen LogP contribution in [0.1, 0.15) is 30.0 Å². The maximum atomic E-state index is 14.5. The maximum Gasteiger partial charge on any atom is 0.264 e. The minimum Gasteiger partial charge on any atom is -0.493 e. The summed E-state index contributed by atoms with van der Waals surface area (Å²) in [6.07, 6.45) is 0.945. The quantitative estimate of drug-likeness (QED) is 0.165. The average Bonchev–Trinajstić information content (AvgIpc) is 3.08. The zero-order valence-electron chi connectivity index (χ0n) is 27.0. The smallest absolute Gasteiger partial charge is 0.264 e. The van der Waals surface area contributed by atoms with Crippen molar-refractivity contribution in [1.29, 1.82) is 0 Å². The number of halogens is 1.